The van der Waals surface area contributed by atoms with Crippen LogP contribution >= 0.6 is 0 Å². The van der Waals surface area contributed by atoms with E-state index < -0.39 is 0 Å². The summed E-state index contributed by atoms with van der Waals surface area (Å²) in [6.45, 7) is 6.63. The monoisotopic (exact) mass is 273 g/mol. The first-order valence-electron chi connectivity index (χ1n) is 3.83. The fourth-order valence-corrected chi connectivity index (χ4v) is 3.91. The average Bonchev–Trinajstić information content (AvgIpc) is 1.85. The standard InChI is InChI=1S/C9H11.CH3.H2O.Sb/c1-7-4-8(2)6-9(3)5-7;;;/h4-5H,1-3H3;1H3;1H2;. The molecule has 0 spiro atoms. The van der Waals surface area contributed by atoms with Gasteiger partial charge in [-0.2, -0.15) is 0 Å². The minimum atomic E-state index is -0.0733. The second kappa shape index (κ2) is 4.89. The summed E-state index contributed by atoms with van der Waals surface area (Å²) in [6.07, 6.45) is 0. The van der Waals surface area contributed by atoms with Gasteiger partial charge < -0.3 is 5.48 Å². The molecule has 0 atom stereocenters. The molecule has 1 rings (SSSR count). The van der Waals surface area contributed by atoms with Gasteiger partial charge in [-0.05, 0) is 0 Å². The van der Waals surface area contributed by atoms with Crippen molar-refractivity contribution >= 4 is 25.1 Å². The van der Waals surface area contributed by atoms with Crippen LogP contribution in [0.5, 0.6) is 0 Å². The molecule has 0 bridgehead atoms. The summed E-state index contributed by atoms with van der Waals surface area (Å²) < 4.78 is 1.66. The molecule has 2 N–H and O–H groups in total. The van der Waals surface area contributed by atoms with Gasteiger partial charge in [-0.1, -0.05) is 0 Å². The van der Waals surface area contributed by atoms with E-state index >= 15 is 0 Å². The topological polar surface area (TPSA) is 31.5 Å². The van der Waals surface area contributed by atoms with Crippen LogP contribution in [0.25, 0.3) is 0 Å². The molecule has 0 unspecified atom stereocenters. The van der Waals surface area contributed by atoms with Crippen molar-refractivity contribution in [3.63, 3.8) is 0 Å². The zero-order chi connectivity index (χ0) is 8.43. The molecule has 0 saturated carbocycles. The van der Waals surface area contributed by atoms with Crippen molar-refractivity contribution in [3.8, 4) is 0 Å². The second-order valence-corrected chi connectivity index (χ2v) is 5.52. The third-order valence-electron chi connectivity index (χ3n) is 1.86. The Morgan fingerprint density at radius 2 is 1.42 bits per heavy atom. The first-order valence-corrected chi connectivity index (χ1v) is 7.65. The molecule has 0 aliphatic carbocycles. The van der Waals surface area contributed by atoms with Crippen LogP contribution in [0.4, 0.5) is 0 Å². The summed E-state index contributed by atoms with van der Waals surface area (Å²) in [6, 6.07) is 4.59. The third kappa shape index (κ3) is 2.50. The van der Waals surface area contributed by atoms with Crippen molar-refractivity contribution in [2.24, 2.45) is 0 Å². The predicted molar refractivity (Wildman–Crippen MR) is 55.5 cm³/mol. The quantitative estimate of drug-likeness (QED) is 0.688. The molecule has 1 aromatic carbocycles. The zero-order valence-corrected chi connectivity index (χ0v) is 10.7. The SMILES string of the molecule is O.[CH3][Sb][c]1c(C)cc(C)cc1C. The van der Waals surface area contributed by atoms with E-state index in [1.54, 1.807) is 3.51 Å². The van der Waals surface area contributed by atoms with Crippen molar-refractivity contribution in [2.75, 3.05) is 0 Å². The van der Waals surface area contributed by atoms with Crippen LogP contribution in [0.15, 0.2) is 12.1 Å². The first-order chi connectivity index (χ1) is 5.15. The Labute approximate surface area is 85.0 Å². The molecule has 2 heteroatoms. The molecule has 67 valence electrons. The van der Waals surface area contributed by atoms with Crippen molar-refractivity contribution in [1.82, 2.24) is 0 Å². The summed E-state index contributed by atoms with van der Waals surface area (Å²) in [4.78, 5) is 2.36. The second-order valence-electron chi connectivity index (χ2n) is 2.97. The number of aryl methyl sites for hydroxylation is 3. The van der Waals surface area contributed by atoms with Crippen LogP contribution < -0.4 is 3.51 Å². The van der Waals surface area contributed by atoms with E-state index in [1.165, 1.54) is 16.7 Å². The molecule has 0 aliphatic rings. The number of hydrogen-bond donors (Lipinski definition) is 0. The van der Waals surface area contributed by atoms with E-state index in [9.17, 15) is 0 Å². The van der Waals surface area contributed by atoms with Gasteiger partial charge in [0.1, 0.15) is 0 Å². The molecule has 12 heavy (non-hydrogen) atoms. The van der Waals surface area contributed by atoms with Crippen molar-refractivity contribution in [2.45, 2.75) is 25.6 Å². The normalized spacial score (nSPS) is 9.33. The van der Waals surface area contributed by atoms with Gasteiger partial charge in [-0.3, -0.25) is 0 Å². The minimum absolute atomic E-state index is 0. The van der Waals surface area contributed by atoms with Crippen LogP contribution in [0.2, 0.25) is 4.87 Å². The first kappa shape index (κ1) is 12.0. The van der Waals surface area contributed by atoms with Crippen LogP contribution in [0.3, 0.4) is 0 Å². The number of benzene rings is 1. The van der Waals surface area contributed by atoms with Crippen LogP contribution in [0, 0.1) is 20.8 Å². The molecule has 0 fully saturated rings. The van der Waals surface area contributed by atoms with E-state index in [4.69, 9.17) is 0 Å². The predicted octanol–water partition coefficient (Wildman–Crippen LogP) is 1.16. The van der Waals surface area contributed by atoms with E-state index in [-0.39, 0.29) is 27.1 Å². The van der Waals surface area contributed by atoms with Gasteiger partial charge in [0.05, 0.1) is 0 Å². The maximum absolute atomic E-state index is 2.36. The molecule has 1 aromatic rings. The zero-order valence-electron chi connectivity index (χ0n) is 8.10. The van der Waals surface area contributed by atoms with Crippen LogP contribution in [-0.4, -0.2) is 27.1 Å². The van der Waals surface area contributed by atoms with Gasteiger partial charge in [-0.15, -0.1) is 0 Å². The summed E-state index contributed by atoms with van der Waals surface area (Å²) in [7, 11) is 0. The average molecular weight is 274 g/mol. The van der Waals surface area contributed by atoms with Crippen molar-refractivity contribution in [3.05, 3.63) is 28.8 Å². The van der Waals surface area contributed by atoms with E-state index in [2.05, 4.69) is 37.8 Å². The Morgan fingerprint density at radius 3 is 1.75 bits per heavy atom. The fraction of sp³-hybridized carbons (Fsp3) is 0.400. The summed E-state index contributed by atoms with van der Waals surface area (Å²) in [5, 5.41) is 0. The van der Waals surface area contributed by atoms with Crippen LogP contribution in [0.1, 0.15) is 16.7 Å². The molecule has 0 aliphatic heterocycles. The van der Waals surface area contributed by atoms with Crippen molar-refractivity contribution < 1.29 is 5.48 Å². The summed E-state index contributed by atoms with van der Waals surface area (Å²) in [5.41, 5.74) is 4.40. The molecule has 0 heterocycles. The Morgan fingerprint density at radius 1 is 1.00 bits per heavy atom. The van der Waals surface area contributed by atoms with Gasteiger partial charge in [-0.25, -0.2) is 0 Å². The van der Waals surface area contributed by atoms with E-state index in [0.29, 0.717) is 0 Å². The summed E-state index contributed by atoms with van der Waals surface area (Å²) in [5.74, 6) is 0. The molecule has 0 aromatic heterocycles. The molecular formula is C10H16OSb. The van der Waals surface area contributed by atoms with Gasteiger partial charge in [0, 0.05) is 0 Å². The number of rotatable bonds is 1. The molecule has 0 saturated heterocycles. The maximum atomic E-state index is 2.36. The Hall–Kier alpha value is -0.00182. The summed E-state index contributed by atoms with van der Waals surface area (Å²) >= 11 is -0.0733. The third-order valence-corrected chi connectivity index (χ3v) is 5.15. The Kier molecular flexibility index (Phi) is 4.89. The van der Waals surface area contributed by atoms with Gasteiger partial charge in [0.15, 0.2) is 0 Å². The fourth-order valence-electron chi connectivity index (χ4n) is 1.53. The van der Waals surface area contributed by atoms with E-state index in [1.807, 2.05) is 0 Å². The molecule has 1 radical (unpaired) electrons. The van der Waals surface area contributed by atoms with Gasteiger partial charge in [0.25, 0.3) is 0 Å². The molecule has 0 amide bonds. The van der Waals surface area contributed by atoms with Gasteiger partial charge in [0.2, 0.25) is 0 Å². The van der Waals surface area contributed by atoms with Crippen molar-refractivity contribution in [1.29, 1.82) is 0 Å². The Balaban J connectivity index is 0.00000121. The molecule has 1 nitrogen and oxygen atoms in total. The van der Waals surface area contributed by atoms with Crippen LogP contribution in [-0.2, 0) is 0 Å². The molecular weight excluding hydrogens is 258 g/mol. The van der Waals surface area contributed by atoms with Gasteiger partial charge >= 0.3 is 79.6 Å². The number of hydrogen-bond acceptors (Lipinski definition) is 0. The Bertz CT molecular complexity index is 246. The van der Waals surface area contributed by atoms with E-state index in [0.717, 1.165) is 0 Å².